The van der Waals surface area contributed by atoms with Crippen LogP contribution in [0.25, 0.3) is 0 Å². The molecular formula is C15H20N6O. The van der Waals surface area contributed by atoms with Gasteiger partial charge < -0.3 is 10.2 Å². The van der Waals surface area contributed by atoms with Crippen molar-refractivity contribution < 1.29 is 4.79 Å². The number of nitrogens with one attached hydrogen (secondary N) is 1. The maximum Gasteiger partial charge on any atom is 0.230 e. The van der Waals surface area contributed by atoms with E-state index in [0.717, 1.165) is 25.1 Å². The number of anilines is 2. The average Bonchev–Trinajstić information content (AvgIpc) is 2.86. The van der Waals surface area contributed by atoms with Crippen LogP contribution in [0.5, 0.6) is 0 Å². The van der Waals surface area contributed by atoms with Crippen LogP contribution in [0.1, 0.15) is 18.5 Å². The second kappa shape index (κ2) is 6.13. The molecule has 0 radical (unpaired) electrons. The number of rotatable bonds is 3. The molecule has 0 bridgehead atoms. The lowest BCUT2D eigenvalue weighted by Crippen LogP contribution is -2.41. The SMILES string of the molecule is Cc1cc(NC(=O)[C@H]2CCCN(c3ncccn3)C2)nn1C. The number of carbonyl (C=O) groups excluding carboxylic acids is 1. The summed E-state index contributed by atoms with van der Waals surface area (Å²) in [4.78, 5) is 23.0. The first-order valence-electron chi connectivity index (χ1n) is 7.47. The quantitative estimate of drug-likeness (QED) is 0.926. The average molecular weight is 300 g/mol. The van der Waals surface area contributed by atoms with E-state index in [1.807, 2.05) is 20.0 Å². The van der Waals surface area contributed by atoms with Crippen molar-refractivity contribution in [2.75, 3.05) is 23.3 Å². The van der Waals surface area contributed by atoms with Gasteiger partial charge in [-0.3, -0.25) is 9.48 Å². The Kier molecular flexibility index (Phi) is 4.04. The monoisotopic (exact) mass is 300 g/mol. The maximum absolute atomic E-state index is 12.4. The third-order valence-electron chi connectivity index (χ3n) is 3.99. The third kappa shape index (κ3) is 3.08. The topological polar surface area (TPSA) is 75.9 Å². The van der Waals surface area contributed by atoms with Crippen molar-refractivity contribution in [2.45, 2.75) is 19.8 Å². The molecular weight excluding hydrogens is 280 g/mol. The fraction of sp³-hybridized carbons (Fsp3) is 0.467. The summed E-state index contributed by atoms with van der Waals surface area (Å²) in [5.41, 5.74) is 1.01. The lowest BCUT2D eigenvalue weighted by Gasteiger charge is -2.31. The van der Waals surface area contributed by atoms with E-state index in [9.17, 15) is 4.79 Å². The van der Waals surface area contributed by atoms with E-state index in [1.54, 1.807) is 23.1 Å². The van der Waals surface area contributed by atoms with Gasteiger partial charge in [-0.1, -0.05) is 0 Å². The Morgan fingerprint density at radius 2 is 2.14 bits per heavy atom. The van der Waals surface area contributed by atoms with Crippen LogP contribution in [0, 0.1) is 12.8 Å². The predicted octanol–water partition coefficient (Wildman–Crippen LogP) is 1.37. The Bertz CT molecular complexity index is 634. The van der Waals surface area contributed by atoms with E-state index < -0.39 is 0 Å². The summed E-state index contributed by atoms with van der Waals surface area (Å²) in [6.45, 7) is 3.48. The van der Waals surface area contributed by atoms with E-state index in [-0.39, 0.29) is 11.8 Å². The molecule has 7 nitrogen and oxygen atoms in total. The summed E-state index contributed by atoms with van der Waals surface area (Å²) < 4.78 is 1.75. The molecule has 1 saturated heterocycles. The van der Waals surface area contributed by atoms with Crippen LogP contribution in [-0.2, 0) is 11.8 Å². The summed E-state index contributed by atoms with van der Waals surface area (Å²) in [5.74, 6) is 1.24. The molecule has 7 heteroatoms. The van der Waals surface area contributed by atoms with Crippen LogP contribution in [0.4, 0.5) is 11.8 Å². The van der Waals surface area contributed by atoms with Gasteiger partial charge >= 0.3 is 0 Å². The van der Waals surface area contributed by atoms with E-state index in [0.29, 0.717) is 18.3 Å². The van der Waals surface area contributed by atoms with Gasteiger partial charge in [-0.05, 0) is 25.8 Å². The highest BCUT2D eigenvalue weighted by Gasteiger charge is 2.27. The Morgan fingerprint density at radius 3 is 2.82 bits per heavy atom. The summed E-state index contributed by atoms with van der Waals surface area (Å²) in [7, 11) is 1.86. The van der Waals surface area contributed by atoms with E-state index in [2.05, 4.69) is 25.3 Å². The number of nitrogens with zero attached hydrogens (tertiary/aromatic N) is 5. The highest BCUT2D eigenvalue weighted by Crippen LogP contribution is 2.21. The second-order valence-electron chi connectivity index (χ2n) is 5.62. The zero-order valence-electron chi connectivity index (χ0n) is 12.9. The molecule has 1 aliphatic rings. The minimum absolute atomic E-state index is 0.0127. The van der Waals surface area contributed by atoms with Crippen molar-refractivity contribution >= 4 is 17.7 Å². The van der Waals surface area contributed by atoms with Crippen molar-refractivity contribution in [1.29, 1.82) is 0 Å². The van der Waals surface area contributed by atoms with Crippen molar-refractivity contribution in [1.82, 2.24) is 19.7 Å². The number of hydrogen-bond donors (Lipinski definition) is 1. The third-order valence-corrected chi connectivity index (χ3v) is 3.99. The molecule has 3 rings (SSSR count). The largest absolute Gasteiger partial charge is 0.340 e. The molecule has 1 atom stereocenters. The van der Waals surface area contributed by atoms with Gasteiger partial charge in [0, 0.05) is 44.3 Å². The highest BCUT2D eigenvalue weighted by atomic mass is 16.2. The molecule has 1 aliphatic heterocycles. The Balaban J connectivity index is 1.65. The molecule has 1 amide bonds. The number of aromatic nitrogens is 4. The Hall–Kier alpha value is -2.44. The molecule has 0 aliphatic carbocycles. The second-order valence-corrected chi connectivity index (χ2v) is 5.62. The summed E-state index contributed by atoms with van der Waals surface area (Å²) >= 11 is 0. The number of carbonyl (C=O) groups is 1. The fourth-order valence-corrected chi connectivity index (χ4v) is 2.68. The number of aryl methyl sites for hydroxylation is 2. The first kappa shape index (κ1) is 14.5. The van der Waals surface area contributed by atoms with Crippen molar-refractivity contribution in [3.8, 4) is 0 Å². The van der Waals surface area contributed by atoms with Crippen molar-refractivity contribution in [3.05, 3.63) is 30.2 Å². The van der Waals surface area contributed by atoms with Crippen LogP contribution in [0.3, 0.4) is 0 Å². The number of piperidine rings is 1. The van der Waals surface area contributed by atoms with Crippen LogP contribution in [-0.4, -0.2) is 38.7 Å². The predicted molar refractivity (Wildman–Crippen MR) is 83.5 cm³/mol. The van der Waals surface area contributed by atoms with E-state index in [1.165, 1.54) is 0 Å². The summed E-state index contributed by atoms with van der Waals surface area (Å²) in [5, 5.41) is 7.18. The Morgan fingerprint density at radius 1 is 1.36 bits per heavy atom. The Labute approximate surface area is 129 Å². The summed E-state index contributed by atoms with van der Waals surface area (Å²) in [6.07, 6.45) is 5.28. The molecule has 22 heavy (non-hydrogen) atoms. The van der Waals surface area contributed by atoms with Crippen LogP contribution in [0.2, 0.25) is 0 Å². The minimum atomic E-state index is -0.0696. The number of amides is 1. The standard InChI is InChI=1S/C15H20N6O/c1-11-9-13(19-20(11)2)18-14(22)12-5-3-8-21(10-12)15-16-6-4-7-17-15/h4,6-7,9,12H,3,5,8,10H2,1-2H3,(H,18,19,22)/t12-/m0/s1. The molecule has 0 saturated carbocycles. The molecule has 0 unspecified atom stereocenters. The first-order valence-corrected chi connectivity index (χ1v) is 7.47. The normalized spacial score (nSPS) is 18.3. The van der Waals surface area contributed by atoms with Crippen molar-refractivity contribution in [2.24, 2.45) is 13.0 Å². The maximum atomic E-state index is 12.4. The van der Waals surface area contributed by atoms with Gasteiger partial charge in [0.05, 0.1) is 5.92 Å². The smallest absolute Gasteiger partial charge is 0.230 e. The zero-order valence-corrected chi connectivity index (χ0v) is 12.9. The summed E-state index contributed by atoms with van der Waals surface area (Å²) in [6, 6.07) is 3.67. The molecule has 2 aromatic rings. The molecule has 1 N–H and O–H groups in total. The van der Waals surface area contributed by atoms with Gasteiger partial charge in [0.1, 0.15) is 0 Å². The van der Waals surface area contributed by atoms with Gasteiger partial charge in [0.2, 0.25) is 11.9 Å². The molecule has 3 heterocycles. The van der Waals surface area contributed by atoms with E-state index >= 15 is 0 Å². The van der Waals surface area contributed by atoms with Crippen molar-refractivity contribution in [3.63, 3.8) is 0 Å². The van der Waals surface area contributed by atoms with Gasteiger partial charge in [-0.2, -0.15) is 5.10 Å². The molecule has 0 aromatic carbocycles. The lowest BCUT2D eigenvalue weighted by molar-refractivity contribution is -0.120. The minimum Gasteiger partial charge on any atom is -0.340 e. The van der Waals surface area contributed by atoms with Gasteiger partial charge in [0.25, 0.3) is 0 Å². The van der Waals surface area contributed by atoms with Gasteiger partial charge in [-0.25, -0.2) is 9.97 Å². The van der Waals surface area contributed by atoms with Crippen LogP contribution >= 0.6 is 0 Å². The number of hydrogen-bond acceptors (Lipinski definition) is 5. The molecule has 1 fully saturated rings. The zero-order chi connectivity index (χ0) is 15.5. The van der Waals surface area contributed by atoms with Gasteiger partial charge in [0.15, 0.2) is 5.82 Å². The highest BCUT2D eigenvalue weighted by molar-refractivity contribution is 5.92. The van der Waals surface area contributed by atoms with Crippen LogP contribution in [0.15, 0.2) is 24.5 Å². The van der Waals surface area contributed by atoms with Crippen LogP contribution < -0.4 is 10.2 Å². The molecule has 0 spiro atoms. The first-order chi connectivity index (χ1) is 10.6. The lowest BCUT2D eigenvalue weighted by atomic mass is 9.97. The molecule has 116 valence electrons. The molecule has 2 aromatic heterocycles. The van der Waals surface area contributed by atoms with E-state index in [4.69, 9.17) is 0 Å². The fourth-order valence-electron chi connectivity index (χ4n) is 2.68. The van der Waals surface area contributed by atoms with Gasteiger partial charge in [-0.15, -0.1) is 0 Å².